The number of benzene rings is 2. The summed E-state index contributed by atoms with van der Waals surface area (Å²) in [5.41, 5.74) is 1.85. The van der Waals surface area contributed by atoms with Gasteiger partial charge in [0.2, 0.25) is 15.9 Å². The van der Waals surface area contributed by atoms with Gasteiger partial charge in [0.25, 0.3) is 0 Å². The van der Waals surface area contributed by atoms with Crippen molar-refractivity contribution < 1.29 is 13.2 Å². The summed E-state index contributed by atoms with van der Waals surface area (Å²) in [6.07, 6.45) is 2.56. The summed E-state index contributed by atoms with van der Waals surface area (Å²) < 4.78 is 27.7. The quantitative estimate of drug-likeness (QED) is 0.770. The first-order valence-corrected chi connectivity index (χ1v) is 11.3. The Hall–Kier alpha value is -1.89. The van der Waals surface area contributed by atoms with Gasteiger partial charge < -0.3 is 5.32 Å². The Morgan fingerprint density at radius 3 is 2.57 bits per heavy atom. The highest BCUT2D eigenvalue weighted by Crippen LogP contribution is 2.27. The van der Waals surface area contributed by atoms with Crippen molar-refractivity contribution in [2.75, 3.05) is 6.54 Å². The molecule has 1 aliphatic heterocycles. The first-order valence-electron chi connectivity index (χ1n) is 9.46. The number of aryl methyl sites for hydroxylation is 1. The summed E-state index contributed by atoms with van der Waals surface area (Å²) in [7, 11) is -3.62. The van der Waals surface area contributed by atoms with Crippen LogP contribution in [-0.2, 0) is 21.4 Å². The van der Waals surface area contributed by atoms with Crippen molar-refractivity contribution in [3.05, 3.63) is 64.7 Å². The Balaban J connectivity index is 1.68. The predicted molar refractivity (Wildman–Crippen MR) is 111 cm³/mol. The van der Waals surface area contributed by atoms with E-state index in [-0.39, 0.29) is 23.3 Å². The van der Waals surface area contributed by atoms with Gasteiger partial charge in [0.05, 0.1) is 4.90 Å². The van der Waals surface area contributed by atoms with E-state index in [2.05, 4.69) is 5.32 Å². The minimum atomic E-state index is -3.62. The number of rotatable bonds is 6. The molecule has 0 aliphatic carbocycles. The maximum atomic E-state index is 13.1. The molecule has 0 radical (unpaired) electrons. The first-order chi connectivity index (χ1) is 13.4. The molecule has 1 atom stereocenters. The normalized spacial score (nSPS) is 18.0. The fourth-order valence-electron chi connectivity index (χ4n) is 3.46. The molecule has 5 nitrogen and oxygen atoms in total. The molecule has 1 aliphatic rings. The van der Waals surface area contributed by atoms with E-state index in [4.69, 9.17) is 11.6 Å². The number of nitrogens with zero attached hydrogens (tertiary/aromatic N) is 1. The Labute approximate surface area is 171 Å². The topological polar surface area (TPSA) is 66.5 Å². The zero-order valence-corrected chi connectivity index (χ0v) is 17.5. The second kappa shape index (κ2) is 9.07. The van der Waals surface area contributed by atoms with Gasteiger partial charge in [0.1, 0.15) is 0 Å². The molecule has 2 aromatic rings. The van der Waals surface area contributed by atoms with Crippen molar-refractivity contribution in [2.45, 2.75) is 50.1 Å². The van der Waals surface area contributed by atoms with E-state index in [1.54, 1.807) is 30.3 Å². The number of amides is 1. The lowest BCUT2D eigenvalue weighted by atomic mass is 10.0. The van der Waals surface area contributed by atoms with Gasteiger partial charge in [0, 0.05) is 30.6 Å². The molecule has 1 fully saturated rings. The van der Waals surface area contributed by atoms with Crippen LogP contribution in [0, 0.1) is 6.92 Å². The summed E-state index contributed by atoms with van der Waals surface area (Å²) in [5.74, 6) is -0.170. The lowest BCUT2D eigenvalue weighted by molar-refractivity contribution is -0.122. The lowest BCUT2D eigenvalue weighted by Crippen LogP contribution is -2.45. The molecule has 0 spiro atoms. The zero-order chi connectivity index (χ0) is 20.1. The molecule has 28 heavy (non-hydrogen) atoms. The van der Waals surface area contributed by atoms with Gasteiger partial charge in [-0.25, -0.2) is 8.42 Å². The number of hydrogen-bond donors (Lipinski definition) is 1. The molecule has 1 heterocycles. The SMILES string of the molecule is Cc1ccc(S(=O)(=O)N2CCCCC2CC(=O)NCc2ccccc2Cl)cc1. The highest BCUT2D eigenvalue weighted by Gasteiger charge is 2.34. The van der Waals surface area contributed by atoms with Gasteiger partial charge in [-0.2, -0.15) is 4.31 Å². The van der Waals surface area contributed by atoms with E-state index in [0.717, 1.165) is 24.0 Å². The van der Waals surface area contributed by atoms with Crippen LogP contribution in [0.15, 0.2) is 53.4 Å². The monoisotopic (exact) mass is 420 g/mol. The van der Waals surface area contributed by atoms with Crippen LogP contribution < -0.4 is 5.32 Å². The summed E-state index contributed by atoms with van der Waals surface area (Å²) >= 11 is 6.12. The van der Waals surface area contributed by atoms with E-state index in [9.17, 15) is 13.2 Å². The average Bonchev–Trinajstić information content (AvgIpc) is 2.68. The largest absolute Gasteiger partial charge is 0.352 e. The molecule has 1 unspecified atom stereocenters. The first kappa shape index (κ1) is 20.8. The third kappa shape index (κ3) is 4.93. The lowest BCUT2D eigenvalue weighted by Gasteiger charge is -2.34. The fourth-order valence-corrected chi connectivity index (χ4v) is 5.36. The Bertz CT molecular complexity index is 929. The number of carbonyl (C=O) groups excluding carboxylic acids is 1. The maximum absolute atomic E-state index is 13.1. The number of nitrogens with one attached hydrogen (secondary N) is 1. The third-order valence-corrected chi connectivity index (χ3v) is 7.39. The minimum Gasteiger partial charge on any atom is -0.352 e. The molecular formula is C21H25ClN2O3S. The van der Waals surface area contributed by atoms with Crippen molar-refractivity contribution in [1.82, 2.24) is 9.62 Å². The molecule has 0 bridgehead atoms. The van der Waals surface area contributed by atoms with Crippen molar-refractivity contribution in [3.63, 3.8) is 0 Å². The molecule has 2 aromatic carbocycles. The maximum Gasteiger partial charge on any atom is 0.243 e. The smallest absolute Gasteiger partial charge is 0.243 e. The molecule has 3 rings (SSSR count). The van der Waals surface area contributed by atoms with E-state index < -0.39 is 10.0 Å². The predicted octanol–water partition coefficient (Wildman–Crippen LogP) is 3.90. The Kier molecular flexibility index (Phi) is 6.75. The summed E-state index contributed by atoms with van der Waals surface area (Å²) in [6.45, 7) is 2.69. The second-order valence-corrected chi connectivity index (χ2v) is 9.45. The molecule has 1 saturated heterocycles. The third-order valence-electron chi connectivity index (χ3n) is 5.06. The van der Waals surface area contributed by atoms with E-state index in [1.807, 2.05) is 25.1 Å². The van der Waals surface area contributed by atoms with Gasteiger partial charge in [-0.15, -0.1) is 0 Å². The van der Waals surface area contributed by atoms with Crippen LogP contribution in [0.1, 0.15) is 36.8 Å². The van der Waals surface area contributed by atoms with Crippen LogP contribution in [0.25, 0.3) is 0 Å². The van der Waals surface area contributed by atoms with Gasteiger partial charge in [-0.1, -0.05) is 53.9 Å². The highest BCUT2D eigenvalue weighted by molar-refractivity contribution is 7.89. The fraction of sp³-hybridized carbons (Fsp3) is 0.381. The summed E-state index contributed by atoms with van der Waals surface area (Å²) in [4.78, 5) is 12.8. The minimum absolute atomic E-state index is 0.148. The molecule has 0 aromatic heterocycles. The van der Waals surface area contributed by atoms with Crippen LogP contribution >= 0.6 is 11.6 Å². The zero-order valence-electron chi connectivity index (χ0n) is 15.9. The second-order valence-electron chi connectivity index (χ2n) is 7.15. The van der Waals surface area contributed by atoms with Crippen LogP contribution in [0.4, 0.5) is 0 Å². The number of halogens is 1. The molecule has 0 saturated carbocycles. The van der Waals surface area contributed by atoms with Gasteiger partial charge in [-0.3, -0.25) is 4.79 Å². The van der Waals surface area contributed by atoms with Crippen LogP contribution in [-0.4, -0.2) is 31.2 Å². The van der Waals surface area contributed by atoms with Crippen LogP contribution in [0.2, 0.25) is 5.02 Å². The molecule has 150 valence electrons. The van der Waals surface area contributed by atoms with Crippen molar-refractivity contribution in [2.24, 2.45) is 0 Å². The molecule has 1 N–H and O–H groups in total. The van der Waals surface area contributed by atoms with Crippen LogP contribution in [0.3, 0.4) is 0 Å². The Morgan fingerprint density at radius 1 is 1.14 bits per heavy atom. The van der Waals surface area contributed by atoms with Gasteiger partial charge in [0.15, 0.2) is 0 Å². The standard InChI is InChI=1S/C21H25ClN2O3S/c1-16-9-11-19(12-10-16)28(26,27)24-13-5-4-7-18(24)14-21(25)23-15-17-6-2-3-8-20(17)22/h2-3,6,8-12,18H,4-5,7,13-15H2,1H3,(H,23,25). The molecule has 1 amide bonds. The van der Waals surface area contributed by atoms with Crippen molar-refractivity contribution >= 4 is 27.5 Å². The highest BCUT2D eigenvalue weighted by atomic mass is 35.5. The van der Waals surface area contributed by atoms with Crippen molar-refractivity contribution in [3.8, 4) is 0 Å². The van der Waals surface area contributed by atoms with Crippen LogP contribution in [0.5, 0.6) is 0 Å². The summed E-state index contributed by atoms with van der Waals surface area (Å²) in [6, 6.07) is 13.9. The number of sulfonamides is 1. The average molecular weight is 421 g/mol. The number of hydrogen-bond acceptors (Lipinski definition) is 3. The molecule has 7 heteroatoms. The van der Waals surface area contributed by atoms with E-state index >= 15 is 0 Å². The van der Waals surface area contributed by atoms with Gasteiger partial charge >= 0.3 is 0 Å². The molecular weight excluding hydrogens is 396 g/mol. The van der Waals surface area contributed by atoms with Gasteiger partial charge in [-0.05, 0) is 43.5 Å². The Morgan fingerprint density at radius 2 is 1.86 bits per heavy atom. The number of piperidine rings is 1. The van der Waals surface area contributed by atoms with E-state index in [1.165, 1.54) is 4.31 Å². The van der Waals surface area contributed by atoms with E-state index in [0.29, 0.717) is 24.5 Å². The van der Waals surface area contributed by atoms with Crippen molar-refractivity contribution in [1.29, 1.82) is 0 Å². The summed E-state index contributed by atoms with van der Waals surface area (Å²) in [5, 5.41) is 3.46. The number of carbonyl (C=O) groups is 1.